The molecule has 1 aliphatic carbocycles. The smallest absolute Gasteiger partial charge is 0.339 e. The van der Waals surface area contributed by atoms with Crippen molar-refractivity contribution >= 4 is 11.8 Å². The first-order valence-electron chi connectivity index (χ1n) is 8.77. The van der Waals surface area contributed by atoms with Crippen molar-refractivity contribution < 1.29 is 14.6 Å². The molecule has 1 N–H and O–H groups in total. The number of hydrogen-bond acceptors (Lipinski definition) is 5. The number of nitrogens with zero attached hydrogens (tertiary/aromatic N) is 2. The van der Waals surface area contributed by atoms with E-state index in [2.05, 4.69) is 9.88 Å². The van der Waals surface area contributed by atoms with E-state index in [4.69, 9.17) is 4.74 Å². The fourth-order valence-electron chi connectivity index (χ4n) is 3.96. The Kier molecular flexibility index (Phi) is 5.16. The highest BCUT2D eigenvalue weighted by molar-refractivity contribution is 5.89. The van der Waals surface area contributed by atoms with Crippen molar-refractivity contribution in [2.45, 2.75) is 57.6 Å². The number of hydrogen-bond donors (Lipinski definition) is 1. The van der Waals surface area contributed by atoms with Gasteiger partial charge in [0.25, 0.3) is 0 Å². The highest BCUT2D eigenvalue weighted by Crippen LogP contribution is 2.36. The summed E-state index contributed by atoms with van der Waals surface area (Å²) in [5.74, 6) is 1.16. The van der Waals surface area contributed by atoms with Crippen LogP contribution in [0.15, 0.2) is 18.3 Å². The number of esters is 1. The minimum atomic E-state index is -0.336. The summed E-state index contributed by atoms with van der Waals surface area (Å²) in [6, 6.07) is 4.01. The Bertz CT molecular complexity index is 526. The van der Waals surface area contributed by atoms with E-state index in [1.54, 1.807) is 19.2 Å². The predicted octanol–water partition coefficient (Wildman–Crippen LogP) is 2.78. The highest BCUT2D eigenvalue weighted by atomic mass is 16.5. The third-order valence-corrected chi connectivity index (χ3v) is 5.07. The van der Waals surface area contributed by atoms with Crippen molar-refractivity contribution in [2.75, 3.05) is 18.1 Å². The van der Waals surface area contributed by atoms with E-state index >= 15 is 0 Å². The van der Waals surface area contributed by atoms with Gasteiger partial charge in [-0.2, -0.15) is 0 Å². The molecular weight excluding hydrogens is 292 g/mol. The van der Waals surface area contributed by atoms with Crippen LogP contribution in [0.1, 0.15) is 55.8 Å². The van der Waals surface area contributed by atoms with Gasteiger partial charge < -0.3 is 14.7 Å². The molecule has 5 nitrogen and oxygen atoms in total. The first-order valence-corrected chi connectivity index (χ1v) is 8.77. The summed E-state index contributed by atoms with van der Waals surface area (Å²) >= 11 is 0. The molecule has 0 bridgehead atoms. The van der Waals surface area contributed by atoms with Gasteiger partial charge in [-0.25, -0.2) is 9.78 Å². The number of pyridine rings is 1. The maximum absolute atomic E-state index is 11.7. The number of aliphatic hydroxyl groups excluding tert-OH is 1. The van der Waals surface area contributed by atoms with Gasteiger partial charge in [-0.3, -0.25) is 0 Å². The van der Waals surface area contributed by atoms with Crippen LogP contribution in [0.3, 0.4) is 0 Å². The van der Waals surface area contributed by atoms with Crippen LogP contribution in [-0.4, -0.2) is 41.4 Å². The largest absolute Gasteiger partial charge is 0.462 e. The van der Waals surface area contributed by atoms with E-state index in [1.807, 2.05) is 6.07 Å². The van der Waals surface area contributed by atoms with Gasteiger partial charge in [-0.05, 0) is 44.2 Å². The second kappa shape index (κ2) is 7.30. The molecule has 3 rings (SSSR count). The van der Waals surface area contributed by atoms with Crippen molar-refractivity contribution in [3.05, 3.63) is 23.9 Å². The maximum atomic E-state index is 11.7. The SMILES string of the molecule is CCOC(=O)c1ccc(N2C[C@@H](O)C[C@H]2C2CCCCC2)nc1. The number of ether oxygens (including phenoxy) is 1. The molecule has 0 spiro atoms. The normalized spacial score (nSPS) is 25.6. The number of β-amino-alcohol motifs (C(OH)–C–C–N with tert-alkyl or cyclic N) is 1. The number of aliphatic hydroxyl groups is 1. The van der Waals surface area contributed by atoms with Gasteiger partial charge in [0.1, 0.15) is 5.82 Å². The van der Waals surface area contributed by atoms with Crippen LogP contribution in [0, 0.1) is 5.92 Å². The van der Waals surface area contributed by atoms with Crippen molar-refractivity contribution in [1.82, 2.24) is 4.98 Å². The third-order valence-electron chi connectivity index (χ3n) is 5.07. The Morgan fingerprint density at radius 3 is 2.78 bits per heavy atom. The predicted molar refractivity (Wildman–Crippen MR) is 88.5 cm³/mol. The summed E-state index contributed by atoms with van der Waals surface area (Å²) in [5, 5.41) is 10.1. The van der Waals surface area contributed by atoms with Crippen molar-refractivity contribution in [3.8, 4) is 0 Å². The number of rotatable bonds is 4. The molecule has 2 fully saturated rings. The molecule has 5 heteroatoms. The van der Waals surface area contributed by atoms with Crippen LogP contribution in [0.25, 0.3) is 0 Å². The van der Waals surface area contributed by atoms with Gasteiger partial charge in [0.15, 0.2) is 0 Å². The highest BCUT2D eigenvalue weighted by Gasteiger charge is 2.37. The van der Waals surface area contributed by atoms with E-state index < -0.39 is 0 Å². The lowest BCUT2D eigenvalue weighted by Crippen LogP contribution is -2.37. The summed E-state index contributed by atoms with van der Waals surface area (Å²) in [5.41, 5.74) is 0.476. The van der Waals surface area contributed by atoms with Crippen LogP contribution in [0.2, 0.25) is 0 Å². The van der Waals surface area contributed by atoms with Gasteiger partial charge in [0, 0.05) is 18.8 Å². The lowest BCUT2D eigenvalue weighted by Gasteiger charge is -2.34. The maximum Gasteiger partial charge on any atom is 0.339 e. The number of aromatic nitrogens is 1. The summed E-state index contributed by atoms with van der Waals surface area (Å²) < 4.78 is 4.99. The van der Waals surface area contributed by atoms with Gasteiger partial charge in [0.2, 0.25) is 0 Å². The Morgan fingerprint density at radius 2 is 2.13 bits per heavy atom. The zero-order valence-corrected chi connectivity index (χ0v) is 13.8. The van der Waals surface area contributed by atoms with E-state index in [9.17, 15) is 9.90 Å². The molecule has 1 aromatic rings. The van der Waals surface area contributed by atoms with Gasteiger partial charge in [0.05, 0.1) is 18.3 Å². The standard InChI is InChI=1S/C18H26N2O3/c1-2-23-18(22)14-8-9-17(19-11-14)20-12-15(21)10-16(20)13-6-4-3-5-7-13/h8-9,11,13,15-16,21H,2-7,10,12H2,1H3/t15-,16-/m0/s1. The van der Waals surface area contributed by atoms with Gasteiger partial charge >= 0.3 is 5.97 Å². The van der Waals surface area contributed by atoms with Crippen LogP contribution in [0.5, 0.6) is 0 Å². The summed E-state index contributed by atoms with van der Waals surface area (Å²) in [6.07, 6.45) is 8.53. The molecule has 0 aromatic carbocycles. The average Bonchev–Trinajstić information content (AvgIpc) is 2.98. The molecule has 1 aliphatic heterocycles. The monoisotopic (exact) mass is 318 g/mol. The lowest BCUT2D eigenvalue weighted by atomic mass is 9.83. The first kappa shape index (κ1) is 16.2. The molecule has 0 amide bonds. The van der Waals surface area contributed by atoms with Gasteiger partial charge in [-0.15, -0.1) is 0 Å². The molecule has 23 heavy (non-hydrogen) atoms. The van der Waals surface area contributed by atoms with Crippen LogP contribution in [0.4, 0.5) is 5.82 Å². The van der Waals surface area contributed by atoms with E-state index in [0.29, 0.717) is 30.7 Å². The Morgan fingerprint density at radius 1 is 1.35 bits per heavy atom. The quantitative estimate of drug-likeness (QED) is 0.865. The molecule has 0 radical (unpaired) electrons. The molecule has 126 valence electrons. The zero-order chi connectivity index (χ0) is 16.2. The lowest BCUT2D eigenvalue weighted by molar-refractivity contribution is 0.0526. The van der Waals surface area contributed by atoms with Crippen LogP contribution >= 0.6 is 0 Å². The molecule has 1 saturated carbocycles. The Balaban J connectivity index is 1.74. The summed E-state index contributed by atoms with van der Waals surface area (Å²) in [6.45, 7) is 2.79. The molecule has 2 heterocycles. The zero-order valence-electron chi connectivity index (χ0n) is 13.8. The summed E-state index contributed by atoms with van der Waals surface area (Å²) in [7, 11) is 0. The average molecular weight is 318 g/mol. The molecule has 2 aliphatic rings. The first-order chi connectivity index (χ1) is 11.2. The second-order valence-corrected chi connectivity index (χ2v) is 6.63. The van der Waals surface area contributed by atoms with Crippen molar-refractivity contribution in [2.24, 2.45) is 5.92 Å². The fraction of sp³-hybridized carbons (Fsp3) is 0.667. The van der Waals surface area contributed by atoms with Gasteiger partial charge in [-0.1, -0.05) is 19.3 Å². The van der Waals surface area contributed by atoms with Crippen molar-refractivity contribution in [1.29, 1.82) is 0 Å². The minimum Gasteiger partial charge on any atom is -0.462 e. The summed E-state index contributed by atoms with van der Waals surface area (Å²) in [4.78, 5) is 18.4. The minimum absolute atomic E-state index is 0.284. The topological polar surface area (TPSA) is 62.7 Å². The van der Waals surface area contributed by atoms with E-state index in [1.165, 1.54) is 32.1 Å². The molecule has 2 atom stereocenters. The fourth-order valence-corrected chi connectivity index (χ4v) is 3.96. The molecule has 1 aromatic heterocycles. The van der Waals surface area contributed by atoms with E-state index in [-0.39, 0.29) is 12.1 Å². The van der Waals surface area contributed by atoms with Crippen molar-refractivity contribution in [3.63, 3.8) is 0 Å². The molecule has 0 unspecified atom stereocenters. The van der Waals surface area contributed by atoms with Crippen LogP contribution in [-0.2, 0) is 4.74 Å². The second-order valence-electron chi connectivity index (χ2n) is 6.63. The number of carbonyl (C=O) groups excluding carboxylic acids is 1. The van der Waals surface area contributed by atoms with Crippen LogP contribution < -0.4 is 4.90 Å². The number of anilines is 1. The third kappa shape index (κ3) is 3.66. The Labute approximate surface area is 137 Å². The molecule has 1 saturated heterocycles. The van der Waals surface area contributed by atoms with E-state index in [0.717, 1.165) is 12.2 Å². The number of carbonyl (C=O) groups is 1. The Hall–Kier alpha value is -1.62. The molecular formula is C18H26N2O3.